The first-order chi connectivity index (χ1) is 20.2. The molecule has 5 heteroatoms. The van der Waals surface area contributed by atoms with Gasteiger partial charge in [-0.15, -0.1) is 0 Å². The smallest absolute Gasteiger partial charge is 0.173 e. The summed E-state index contributed by atoms with van der Waals surface area (Å²) < 4.78 is 17.8. The van der Waals surface area contributed by atoms with Crippen LogP contribution in [0.1, 0.15) is 0 Å². The molecule has 8 aromatic rings. The van der Waals surface area contributed by atoms with E-state index in [9.17, 15) is 0 Å². The van der Waals surface area contributed by atoms with Crippen LogP contribution in [-0.4, -0.2) is 14.4 Å². The molecule has 0 fully saturated rings. The molecule has 0 aliphatic heterocycles. The summed E-state index contributed by atoms with van der Waals surface area (Å²) in [7, 11) is -3.29. The minimum atomic E-state index is -3.29. The van der Waals surface area contributed by atoms with E-state index < -0.39 is 7.14 Å². The maximum atomic E-state index is 15.5. The molecule has 0 amide bonds. The lowest BCUT2D eigenvalue weighted by molar-refractivity contribution is 0.592. The molecule has 0 bridgehead atoms. The molecule has 0 unspecified atom stereocenters. The van der Waals surface area contributed by atoms with E-state index >= 15 is 4.57 Å². The summed E-state index contributed by atoms with van der Waals surface area (Å²) in [6.45, 7) is 0. The van der Waals surface area contributed by atoms with Crippen LogP contribution in [0.5, 0.6) is 0 Å². The van der Waals surface area contributed by atoms with Gasteiger partial charge in [0.2, 0.25) is 0 Å². The Hall–Kier alpha value is -5.05. The van der Waals surface area contributed by atoms with Crippen LogP contribution >= 0.6 is 7.14 Å². The first kappa shape index (κ1) is 23.8. The van der Waals surface area contributed by atoms with Gasteiger partial charge in [-0.25, -0.2) is 4.98 Å². The molecule has 5 aromatic carbocycles. The zero-order valence-electron chi connectivity index (χ0n) is 22.1. The zero-order valence-corrected chi connectivity index (χ0v) is 22.9. The molecule has 0 saturated carbocycles. The van der Waals surface area contributed by atoms with Crippen LogP contribution in [-0.2, 0) is 4.57 Å². The number of aromatic nitrogens is 3. The van der Waals surface area contributed by atoms with E-state index in [1.807, 2.05) is 72.8 Å². The Morgan fingerprint density at radius 1 is 0.561 bits per heavy atom. The maximum absolute atomic E-state index is 15.5. The maximum Gasteiger partial charge on any atom is 0.173 e. The highest BCUT2D eigenvalue weighted by molar-refractivity contribution is 7.85. The number of nitrogens with zero attached hydrogens (tertiary/aromatic N) is 3. The van der Waals surface area contributed by atoms with Crippen molar-refractivity contribution in [3.05, 3.63) is 146 Å². The summed E-state index contributed by atoms with van der Waals surface area (Å²) in [4.78, 5) is 9.62. The number of para-hydroxylation sites is 3. The van der Waals surface area contributed by atoms with Crippen molar-refractivity contribution in [2.24, 2.45) is 0 Å². The third-order valence-electron chi connectivity index (χ3n) is 7.95. The second-order valence-electron chi connectivity index (χ2n) is 10.2. The van der Waals surface area contributed by atoms with Gasteiger partial charge in [0.05, 0.1) is 16.6 Å². The fourth-order valence-corrected chi connectivity index (χ4v) is 8.93. The quantitative estimate of drug-likeness (QED) is 0.170. The van der Waals surface area contributed by atoms with Crippen molar-refractivity contribution in [2.75, 3.05) is 0 Å². The van der Waals surface area contributed by atoms with Gasteiger partial charge in [-0.05, 0) is 29.1 Å². The van der Waals surface area contributed by atoms with Crippen LogP contribution in [0.4, 0.5) is 0 Å². The van der Waals surface area contributed by atoms with Crippen molar-refractivity contribution >= 4 is 61.4 Å². The normalized spacial score (nSPS) is 12.0. The number of rotatable bonds is 4. The molecule has 0 N–H and O–H groups in total. The molecule has 3 aromatic heterocycles. The summed E-state index contributed by atoms with van der Waals surface area (Å²) in [6.07, 6.45) is 3.58. The lowest BCUT2D eigenvalue weighted by atomic mass is 9.99. The molecule has 0 radical (unpaired) electrons. The van der Waals surface area contributed by atoms with Crippen LogP contribution in [0.25, 0.3) is 49.5 Å². The van der Waals surface area contributed by atoms with E-state index in [2.05, 4.69) is 70.0 Å². The second kappa shape index (κ2) is 9.26. The number of hydrogen-bond acceptors (Lipinski definition) is 3. The van der Waals surface area contributed by atoms with Crippen molar-refractivity contribution in [3.63, 3.8) is 0 Å². The fourth-order valence-electron chi connectivity index (χ4n) is 6.13. The predicted octanol–water partition coefficient (Wildman–Crippen LogP) is 7.50. The molecule has 0 saturated heterocycles. The van der Waals surface area contributed by atoms with Crippen molar-refractivity contribution in [1.29, 1.82) is 0 Å². The van der Waals surface area contributed by atoms with Gasteiger partial charge in [-0.2, -0.15) is 0 Å². The van der Waals surface area contributed by atoms with Crippen molar-refractivity contribution in [2.45, 2.75) is 0 Å². The Morgan fingerprint density at radius 3 is 1.95 bits per heavy atom. The lowest BCUT2D eigenvalue weighted by Crippen LogP contribution is -2.26. The third kappa shape index (κ3) is 3.51. The highest BCUT2D eigenvalue weighted by Gasteiger charge is 2.33. The number of hydrogen-bond donors (Lipinski definition) is 0. The van der Waals surface area contributed by atoms with Crippen LogP contribution < -0.4 is 15.9 Å². The highest BCUT2D eigenvalue weighted by atomic mass is 31.2. The van der Waals surface area contributed by atoms with E-state index in [-0.39, 0.29) is 0 Å². The molecule has 0 atom stereocenters. The molecule has 4 nitrogen and oxygen atoms in total. The predicted molar refractivity (Wildman–Crippen MR) is 170 cm³/mol. The molecule has 41 heavy (non-hydrogen) atoms. The number of pyridine rings is 2. The summed E-state index contributed by atoms with van der Waals surface area (Å²) in [5.41, 5.74) is 5.81. The second-order valence-corrected chi connectivity index (χ2v) is 12.9. The van der Waals surface area contributed by atoms with E-state index in [0.29, 0.717) is 0 Å². The molecule has 8 rings (SSSR count). The average molecular weight is 546 g/mol. The lowest BCUT2D eigenvalue weighted by Gasteiger charge is -2.23. The van der Waals surface area contributed by atoms with Gasteiger partial charge < -0.3 is 4.57 Å². The standard InChI is InChI=1S/C36H24N3OP/c40-41(25-12-3-1-4-13-25,26-14-5-2-6-15-26)34-24-37-23-22-28(34)30-19-11-18-29-27-16-7-8-17-31(27)36-38-32-20-9-10-21-33(32)39(36)35(29)30/h1-24H. The van der Waals surface area contributed by atoms with Crippen LogP contribution in [0.3, 0.4) is 0 Å². The topological polar surface area (TPSA) is 47.3 Å². The molecule has 3 heterocycles. The Labute approximate surface area is 236 Å². The van der Waals surface area contributed by atoms with Crippen molar-refractivity contribution in [1.82, 2.24) is 14.4 Å². The van der Waals surface area contributed by atoms with Crippen LogP contribution in [0, 0.1) is 0 Å². The first-order valence-corrected chi connectivity index (χ1v) is 15.3. The summed E-state index contributed by atoms with van der Waals surface area (Å²) in [5.74, 6) is 0. The van der Waals surface area contributed by atoms with Crippen molar-refractivity contribution < 1.29 is 4.57 Å². The zero-order chi connectivity index (χ0) is 27.4. The summed E-state index contributed by atoms with van der Waals surface area (Å²) >= 11 is 0. The first-order valence-electron chi connectivity index (χ1n) is 13.6. The summed E-state index contributed by atoms with van der Waals surface area (Å²) in [5, 5.41) is 5.63. The van der Waals surface area contributed by atoms with Gasteiger partial charge in [-0.1, -0.05) is 115 Å². The van der Waals surface area contributed by atoms with Crippen LogP contribution in [0.15, 0.2) is 146 Å². The largest absolute Gasteiger partial charge is 0.309 e. The Morgan fingerprint density at radius 2 is 1.20 bits per heavy atom. The SMILES string of the molecule is O=P(c1ccccc1)(c1ccccc1)c1cnccc1-c1cccc2c3ccccc3c3nc4ccccc4n3c12. The van der Waals surface area contributed by atoms with E-state index in [0.717, 1.165) is 65.4 Å². The molecule has 0 aliphatic carbocycles. The van der Waals surface area contributed by atoms with E-state index in [1.54, 1.807) is 12.4 Å². The minimum Gasteiger partial charge on any atom is -0.309 e. The summed E-state index contributed by atoms with van der Waals surface area (Å²) in [6, 6.07) is 44.6. The van der Waals surface area contributed by atoms with Gasteiger partial charge in [0, 0.05) is 44.6 Å². The Balaban J connectivity index is 1.55. The fraction of sp³-hybridized carbons (Fsp3) is 0. The monoisotopic (exact) mass is 545 g/mol. The van der Waals surface area contributed by atoms with Gasteiger partial charge in [0.1, 0.15) is 5.65 Å². The average Bonchev–Trinajstić information content (AvgIpc) is 3.45. The minimum absolute atomic E-state index is 0.718. The van der Waals surface area contributed by atoms with E-state index in [1.165, 1.54) is 0 Å². The van der Waals surface area contributed by atoms with E-state index in [4.69, 9.17) is 4.98 Å². The number of benzene rings is 5. The van der Waals surface area contributed by atoms with Gasteiger partial charge >= 0.3 is 0 Å². The van der Waals surface area contributed by atoms with Gasteiger partial charge in [0.15, 0.2) is 7.14 Å². The molecule has 0 spiro atoms. The third-order valence-corrected chi connectivity index (χ3v) is 11.0. The Kier molecular flexibility index (Phi) is 5.38. The number of imidazole rings is 1. The molecular formula is C36H24N3OP. The molecule has 0 aliphatic rings. The molecular weight excluding hydrogens is 521 g/mol. The highest BCUT2D eigenvalue weighted by Crippen LogP contribution is 2.46. The van der Waals surface area contributed by atoms with Crippen LogP contribution in [0.2, 0.25) is 0 Å². The number of fused-ring (bicyclic) bond motifs is 8. The molecule has 194 valence electrons. The van der Waals surface area contributed by atoms with Gasteiger partial charge in [-0.3, -0.25) is 9.38 Å². The Bertz CT molecular complexity index is 2250. The van der Waals surface area contributed by atoms with Crippen molar-refractivity contribution in [3.8, 4) is 11.1 Å². The van der Waals surface area contributed by atoms with Gasteiger partial charge in [0.25, 0.3) is 0 Å².